The Morgan fingerprint density at radius 3 is 2.78 bits per heavy atom. The molecule has 0 bridgehead atoms. The number of aryl methyl sites for hydroxylation is 1. The van der Waals surface area contributed by atoms with Crippen molar-refractivity contribution in [2.45, 2.75) is 29.2 Å². The van der Waals surface area contributed by atoms with E-state index in [1.54, 1.807) is 6.07 Å². The Hall–Kier alpha value is -2.32. The molecule has 1 aromatic carbocycles. The summed E-state index contributed by atoms with van der Waals surface area (Å²) in [6.07, 6.45) is 0.740. The van der Waals surface area contributed by atoms with E-state index < -0.39 is 10.0 Å². The standard InChI is InChI=1S/C19H19N5O5S3/c1-2-16-22-24-17(25)9-12(20-18(24)31-16)11-30-19-21-14-10-13(3-4-15(14)29-19)32(26,27)23-5-7-28-8-6-23/h3-4,9-10H,2,5-8,11H2,1H3. The van der Waals surface area contributed by atoms with Gasteiger partial charge in [-0.15, -0.1) is 0 Å². The fourth-order valence-electron chi connectivity index (χ4n) is 3.29. The lowest BCUT2D eigenvalue weighted by Crippen LogP contribution is -2.40. The molecule has 1 aliphatic rings. The average Bonchev–Trinajstić information content (AvgIpc) is 3.41. The Morgan fingerprint density at radius 1 is 1.19 bits per heavy atom. The van der Waals surface area contributed by atoms with Crippen LogP contribution in [-0.4, -0.2) is 58.6 Å². The van der Waals surface area contributed by atoms with Crippen molar-refractivity contribution in [2.75, 3.05) is 26.3 Å². The smallest absolute Gasteiger partial charge is 0.275 e. The van der Waals surface area contributed by atoms with E-state index in [9.17, 15) is 13.2 Å². The molecule has 4 heterocycles. The van der Waals surface area contributed by atoms with Crippen LogP contribution < -0.4 is 5.56 Å². The highest BCUT2D eigenvalue weighted by Crippen LogP contribution is 2.28. The fourth-order valence-corrected chi connectivity index (χ4v) is 6.31. The average molecular weight is 494 g/mol. The first kappa shape index (κ1) is 21.5. The zero-order valence-corrected chi connectivity index (χ0v) is 19.5. The van der Waals surface area contributed by atoms with E-state index in [1.807, 2.05) is 6.92 Å². The number of fused-ring (bicyclic) bond motifs is 2. The van der Waals surface area contributed by atoms with Crippen LogP contribution in [0.1, 0.15) is 17.6 Å². The lowest BCUT2D eigenvalue weighted by molar-refractivity contribution is 0.0730. The van der Waals surface area contributed by atoms with Gasteiger partial charge in [0.25, 0.3) is 10.8 Å². The van der Waals surface area contributed by atoms with Gasteiger partial charge in [-0.3, -0.25) is 4.79 Å². The van der Waals surface area contributed by atoms with Gasteiger partial charge in [-0.25, -0.2) is 18.4 Å². The third-order valence-electron chi connectivity index (χ3n) is 4.93. The summed E-state index contributed by atoms with van der Waals surface area (Å²) in [4.78, 5) is 21.9. The molecule has 10 nitrogen and oxygen atoms in total. The molecule has 0 radical (unpaired) electrons. The van der Waals surface area contributed by atoms with Crippen molar-refractivity contribution in [3.63, 3.8) is 0 Å². The number of sulfonamides is 1. The number of hydrogen-bond donors (Lipinski definition) is 0. The molecule has 0 aliphatic carbocycles. The van der Waals surface area contributed by atoms with Crippen LogP contribution in [0.15, 0.2) is 43.6 Å². The predicted octanol–water partition coefficient (Wildman–Crippen LogP) is 2.17. The van der Waals surface area contributed by atoms with Crippen molar-refractivity contribution in [2.24, 2.45) is 0 Å². The van der Waals surface area contributed by atoms with Crippen molar-refractivity contribution in [1.82, 2.24) is 23.9 Å². The van der Waals surface area contributed by atoms with Crippen LogP contribution in [0.4, 0.5) is 0 Å². The second-order valence-electron chi connectivity index (χ2n) is 7.04. The molecule has 3 aromatic heterocycles. The fraction of sp³-hybridized carbons (Fsp3) is 0.368. The summed E-state index contributed by atoms with van der Waals surface area (Å²) in [5.41, 5.74) is 1.33. The largest absolute Gasteiger partial charge is 0.431 e. The molecule has 1 fully saturated rings. The Labute approximate surface area is 191 Å². The van der Waals surface area contributed by atoms with E-state index in [4.69, 9.17) is 9.15 Å². The van der Waals surface area contributed by atoms with Crippen molar-refractivity contribution in [1.29, 1.82) is 0 Å². The zero-order valence-electron chi connectivity index (χ0n) is 17.1. The summed E-state index contributed by atoms with van der Waals surface area (Å²) in [6.45, 7) is 3.41. The minimum absolute atomic E-state index is 0.175. The number of thioether (sulfide) groups is 1. The molecule has 0 atom stereocenters. The second-order valence-corrected chi connectivity index (χ2v) is 10.9. The van der Waals surface area contributed by atoms with Gasteiger partial charge in [0, 0.05) is 24.9 Å². The maximum Gasteiger partial charge on any atom is 0.275 e. The highest BCUT2D eigenvalue weighted by Gasteiger charge is 2.27. The van der Waals surface area contributed by atoms with E-state index in [2.05, 4.69) is 15.1 Å². The summed E-state index contributed by atoms with van der Waals surface area (Å²) >= 11 is 2.68. The normalized spacial score (nSPS) is 15.7. The predicted molar refractivity (Wildman–Crippen MR) is 120 cm³/mol. The van der Waals surface area contributed by atoms with Crippen LogP contribution in [0, 0.1) is 0 Å². The SMILES string of the molecule is CCc1nn2c(=O)cc(CSc3nc4cc(S(=O)(=O)N5CCOCC5)ccc4o3)nc2s1. The number of rotatable bonds is 6. The number of benzene rings is 1. The van der Waals surface area contributed by atoms with Crippen LogP contribution in [0.5, 0.6) is 0 Å². The van der Waals surface area contributed by atoms with Crippen LogP contribution >= 0.6 is 23.1 Å². The van der Waals surface area contributed by atoms with Gasteiger partial charge in [0.15, 0.2) is 5.58 Å². The molecular formula is C19H19N5O5S3. The summed E-state index contributed by atoms with van der Waals surface area (Å²) in [6, 6.07) is 6.11. The molecule has 4 aromatic rings. The minimum atomic E-state index is -3.61. The highest BCUT2D eigenvalue weighted by molar-refractivity contribution is 7.98. The van der Waals surface area contributed by atoms with Gasteiger partial charge >= 0.3 is 0 Å². The number of oxazole rings is 1. The first-order valence-corrected chi connectivity index (χ1v) is 13.2. The van der Waals surface area contributed by atoms with E-state index in [-0.39, 0.29) is 10.5 Å². The van der Waals surface area contributed by atoms with Crippen molar-refractivity contribution in [3.05, 3.63) is 45.3 Å². The van der Waals surface area contributed by atoms with Crippen LogP contribution in [0.2, 0.25) is 0 Å². The third kappa shape index (κ3) is 4.06. The van der Waals surface area contributed by atoms with E-state index >= 15 is 0 Å². The molecule has 1 aliphatic heterocycles. The van der Waals surface area contributed by atoms with Gasteiger partial charge in [0.1, 0.15) is 10.5 Å². The summed E-state index contributed by atoms with van der Waals surface area (Å²) < 4.78 is 39.5. The van der Waals surface area contributed by atoms with E-state index in [0.717, 1.165) is 11.4 Å². The molecular weight excluding hydrogens is 474 g/mol. The number of nitrogens with zero attached hydrogens (tertiary/aromatic N) is 5. The Morgan fingerprint density at radius 2 is 2.00 bits per heavy atom. The Kier molecular flexibility index (Phi) is 5.75. The van der Waals surface area contributed by atoms with Gasteiger partial charge in [-0.2, -0.15) is 13.9 Å². The molecule has 168 valence electrons. The molecule has 1 saturated heterocycles. The number of aromatic nitrogens is 4. The molecule has 5 rings (SSSR count). The number of ether oxygens (including phenoxy) is 1. The zero-order chi connectivity index (χ0) is 22.3. The first-order valence-electron chi connectivity index (χ1n) is 9.94. The quantitative estimate of drug-likeness (QED) is 0.372. The minimum Gasteiger partial charge on any atom is -0.431 e. The second kappa shape index (κ2) is 8.56. The molecule has 13 heteroatoms. The molecule has 0 N–H and O–H groups in total. The number of hydrogen-bond acceptors (Lipinski definition) is 10. The lowest BCUT2D eigenvalue weighted by atomic mass is 10.3. The van der Waals surface area contributed by atoms with Crippen LogP contribution in [0.25, 0.3) is 16.1 Å². The van der Waals surface area contributed by atoms with E-state index in [1.165, 1.54) is 50.1 Å². The van der Waals surface area contributed by atoms with Crippen molar-refractivity contribution in [3.8, 4) is 0 Å². The van der Waals surface area contributed by atoms with Crippen LogP contribution in [0.3, 0.4) is 0 Å². The van der Waals surface area contributed by atoms with Gasteiger partial charge < -0.3 is 9.15 Å². The Balaban J connectivity index is 1.36. The molecule has 0 saturated carbocycles. The van der Waals surface area contributed by atoms with Crippen LogP contribution in [-0.2, 0) is 26.9 Å². The maximum absolute atomic E-state index is 12.9. The van der Waals surface area contributed by atoms with Gasteiger partial charge in [-0.05, 0) is 24.6 Å². The Bertz CT molecular complexity index is 1450. The van der Waals surface area contributed by atoms with Gasteiger partial charge in [0.2, 0.25) is 15.0 Å². The topological polar surface area (TPSA) is 120 Å². The monoisotopic (exact) mass is 493 g/mol. The summed E-state index contributed by atoms with van der Waals surface area (Å²) in [5, 5.41) is 5.47. The highest BCUT2D eigenvalue weighted by atomic mass is 32.2. The van der Waals surface area contributed by atoms with Crippen molar-refractivity contribution < 1.29 is 17.6 Å². The van der Waals surface area contributed by atoms with Crippen molar-refractivity contribution >= 4 is 49.2 Å². The number of morpholine rings is 1. The lowest BCUT2D eigenvalue weighted by Gasteiger charge is -2.25. The molecule has 0 amide bonds. The molecule has 32 heavy (non-hydrogen) atoms. The molecule has 0 spiro atoms. The third-order valence-corrected chi connectivity index (χ3v) is 8.74. The molecule has 0 unspecified atom stereocenters. The first-order chi connectivity index (χ1) is 15.4. The maximum atomic E-state index is 12.9. The van der Waals surface area contributed by atoms with E-state index in [0.29, 0.717) is 59.0 Å². The van der Waals surface area contributed by atoms with Gasteiger partial charge in [0.05, 0.1) is 23.8 Å². The summed E-state index contributed by atoms with van der Waals surface area (Å²) in [5.74, 6) is 0.386. The van der Waals surface area contributed by atoms with Gasteiger partial charge in [-0.1, -0.05) is 30.0 Å². The summed E-state index contributed by atoms with van der Waals surface area (Å²) in [7, 11) is -3.61.